The van der Waals surface area contributed by atoms with Gasteiger partial charge in [-0.15, -0.1) is 0 Å². The van der Waals surface area contributed by atoms with Gasteiger partial charge >= 0.3 is 5.97 Å². The summed E-state index contributed by atoms with van der Waals surface area (Å²) >= 11 is 0. The summed E-state index contributed by atoms with van der Waals surface area (Å²) in [5.74, 6) is -0.642. The van der Waals surface area contributed by atoms with E-state index in [9.17, 15) is 14.8 Å². The number of hydrogen-bond acceptors (Lipinski definition) is 5. The first-order valence-corrected chi connectivity index (χ1v) is 8.27. The van der Waals surface area contributed by atoms with Crippen LogP contribution in [0.15, 0.2) is 30.3 Å². The van der Waals surface area contributed by atoms with Crippen LogP contribution < -0.4 is 0 Å². The van der Waals surface area contributed by atoms with Crippen molar-refractivity contribution in [1.82, 2.24) is 4.73 Å². The van der Waals surface area contributed by atoms with Crippen LogP contribution in [0.2, 0.25) is 0 Å². The van der Waals surface area contributed by atoms with Gasteiger partial charge in [0, 0.05) is 12.2 Å². The predicted molar refractivity (Wildman–Crippen MR) is 92.1 cm³/mol. The molecule has 0 aliphatic heterocycles. The molecule has 6 heteroatoms. The Labute approximate surface area is 146 Å². The van der Waals surface area contributed by atoms with E-state index in [4.69, 9.17) is 9.47 Å². The smallest absolute Gasteiger partial charge is 0.358 e. The molecule has 0 bridgehead atoms. The van der Waals surface area contributed by atoms with Crippen molar-refractivity contribution >= 4 is 12.3 Å². The largest absolute Gasteiger partial charge is 0.461 e. The lowest BCUT2D eigenvalue weighted by Crippen LogP contribution is -2.13. The summed E-state index contributed by atoms with van der Waals surface area (Å²) in [6.45, 7) is 4.49. The van der Waals surface area contributed by atoms with E-state index in [1.807, 2.05) is 30.3 Å². The second-order valence-electron chi connectivity index (χ2n) is 5.63. The number of rotatable bonds is 9. The fourth-order valence-electron chi connectivity index (χ4n) is 2.69. The molecule has 0 atom stereocenters. The van der Waals surface area contributed by atoms with Gasteiger partial charge in [0.1, 0.15) is 0 Å². The van der Waals surface area contributed by atoms with Gasteiger partial charge in [-0.1, -0.05) is 30.3 Å². The summed E-state index contributed by atoms with van der Waals surface area (Å²) in [5.41, 5.74) is 2.25. The molecular formula is C19H23NO5. The summed E-state index contributed by atoms with van der Waals surface area (Å²) in [6.07, 6.45) is 1.69. The molecule has 0 unspecified atom stereocenters. The Balaban J connectivity index is 1.98. The van der Waals surface area contributed by atoms with Crippen LogP contribution in [0.4, 0.5) is 0 Å². The summed E-state index contributed by atoms with van der Waals surface area (Å²) < 4.78 is 11.3. The molecule has 0 radical (unpaired) electrons. The summed E-state index contributed by atoms with van der Waals surface area (Å²) in [4.78, 5) is 23.3. The number of carbonyl (C=O) groups is 2. The van der Waals surface area contributed by atoms with Gasteiger partial charge in [0.15, 0.2) is 12.0 Å². The molecule has 1 aromatic carbocycles. The molecule has 6 nitrogen and oxygen atoms in total. The normalized spacial score (nSPS) is 10.6. The van der Waals surface area contributed by atoms with Crippen LogP contribution in [-0.2, 0) is 22.5 Å². The molecular weight excluding hydrogens is 322 g/mol. The third-order valence-electron chi connectivity index (χ3n) is 3.94. The predicted octanol–water partition coefficient (Wildman–Crippen LogP) is 3.17. The standard InChI is InChI=1S/C19H23NO5/c1-3-25-19(22)18-14(2)16(12-21)17(20(18)23)10-7-11-24-13-15-8-5-4-6-9-15/h4-6,8-9,12,23H,3,7,10-11,13H2,1-2H3. The SMILES string of the molecule is CCOC(=O)c1c(C)c(C=O)c(CCCOCc2ccccc2)n1O. The van der Waals surface area contributed by atoms with Crippen LogP contribution in [0, 0.1) is 6.92 Å². The second-order valence-corrected chi connectivity index (χ2v) is 5.63. The highest BCUT2D eigenvalue weighted by atomic mass is 16.5. The summed E-state index contributed by atoms with van der Waals surface area (Å²) in [6, 6.07) is 9.82. The number of aromatic nitrogens is 1. The van der Waals surface area contributed by atoms with Gasteiger partial charge in [-0.3, -0.25) is 4.79 Å². The molecule has 1 N–H and O–H groups in total. The Bertz CT molecular complexity index is 721. The molecule has 0 aliphatic rings. The zero-order valence-electron chi connectivity index (χ0n) is 14.5. The zero-order chi connectivity index (χ0) is 18.2. The average molecular weight is 345 g/mol. The van der Waals surface area contributed by atoms with Crippen LogP contribution in [-0.4, -0.2) is 35.4 Å². The van der Waals surface area contributed by atoms with Crippen molar-refractivity contribution in [2.24, 2.45) is 0 Å². The Hall–Kier alpha value is -2.60. The third-order valence-corrected chi connectivity index (χ3v) is 3.94. The third kappa shape index (κ3) is 4.48. The van der Waals surface area contributed by atoms with Crippen molar-refractivity contribution in [2.75, 3.05) is 13.2 Å². The fourth-order valence-corrected chi connectivity index (χ4v) is 2.69. The van der Waals surface area contributed by atoms with Crippen molar-refractivity contribution in [3.05, 3.63) is 58.4 Å². The number of carbonyl (C=O) groups excluding carboxylic acids is 2. The molecule has 134 valence electrons. The van der Waals surface area contributed by atoms with E-state index in [-0.39, 0.29) is 12.3 Å². The Kier molecular flexibility index (Phi) is 6.77. The van der Waals surface area contributed by atoms with Gasteiger partial charge in [-0.2, -0.15) is 4.73 Å². The van der Waals surface area contributed by atoms with Gasteiger partial charge in [0.25, 0.3) is 0 Å². The molecule has 2 aromatic rings. The van der Waals surface area contributed by atoms with E-state index in [1.165, 1.54) is 0 Å². The fraction of sp³-hybridized carbons (Fsp3) is 0.368. The molecule has 1 heterocycles. The van der Waals surface area contributed by atoms with Crippen LogP contribution in [0.1, 0.15) is 51.0 Å². The van der Waals surface area contributed by atoms with E-state index in [1.54, 1.807) is 13.8 Å². The number of aldehydes is 1. The van der Waals surface area contributed by atoms with E-state index >= 15 is 0 Å². The van der Waals surface area contributed by atoms with Gasteiger partial charge in [-0.05, 0) is 37.8 Å². The number of benzene rings is 1. The number of esters is 1. The number of nitrogens with zero attached hydrogens (tertiary/aromatic N) is 1. The van der Waals surface area contributed by atoms with Crippen molar-refractivity contribution < 1.29 is 24.3 Å². The van der Waals surface area contributed by atoms with Crippen LogP contribution in [0.3, 0.4) is 0 Å². The van der Waals surface area contributed by atoms with Gasteiger partial charge in [-0.25, -0.2) is 4.79 Å². The van der Waals surface area contributed by atoms with Crippen molar-refractivity contribution in [1.29, 1.82) is 0 Å². The Morgan fingerprint density at radius 3 is 2.64 bits per heavy atom. The van der Waals surface area contributed by atoms with Crippen LogP contribution in [0.25, 0.3) is 0 Å². The minimum absolute atomic E-state index is 0.00385. The molecule has 0 spiro atoms. The number of ether oxygens (including phenoxy) is 2. The minimum Gasteiger partial charge on any atom is -0.461 e. The lowest BCUT2D eigenvalue weighted by atomic mass is 10.1. The van der Waals surface area contributed by atoms with Crippen molar-refractivity contribution in [2.45, 2.75) is 33.3 Å². The first-order valence-electron chi connectivity index (χ1n) is 8.27. The Morgan fingerprint density at radius 1 is 1.28 bits per heavy atom. The highest BCUT2D eigenvalue weighted by Gasteiger charge is 2.25. The monoisotopic (exact) mass is 345 g/mol. The summed E-state index contributed by atoms with van der Waals surface area (Å²) in [5, 5.41) is 10.3. The molecule has 0 fully saturated rings. The lowest BCUT2D eigenvalue weighted by Gasteiger charge is -2.07. The average Bonchev–Trinajstić information content (AvgIpc) is 2.85. The molecule has 0 aliphatic carbocycles. The molecule has 2 rings (SSSR count). The molecule has 0 amide bonds. The van der Waals surface area contributed by atoms with Crippen molar-refractivity contribution in [3.8, 4) is 0 Å². The quantitative estimate of drug-likeness (QED) is 0.327. The maximum absolute atomic E-state index is 12.0. The number of hydrogen-bond donors (Lipinski definition) is 1. The van der Waals surface area contributed by atoms with Crippen molar-refractivity contribution in [3.63, 3.8) is 0 Å². The van der Waals surface area contributed by atoms with Crippen LogP contribution in [0.5, 0.6) is 0 Å². The topological polar surface area (TPSA) is 77.8 Å². The van der Waals surface area contributed by atoms with E-state index in [2.05, 4.69) is 0 Å². The molecule has 1 aromatic heterocycles. The van der Waals surface area contributed by atoms with Crippen LogP contribution >= 0.6 is 0 Å². The maximum Gasteiger partial charge on any atom is 0.358 e. The second kappa shape index (κ2) is 9.03. The van der Waals surface area contributed by atoms with E-state index in [0.717, 1.165) is 10.3 Å². The van der Waals surface area contributed by atoms with Gasteiger partial charge in [0.2, 0.25) is 0 Å². The first-order chi connectivity index (χ1) is 12.1. The highest BCUT2D eigenvalue weighted by Crippen LogP contribution is 2.22. The van der Waals surface area contributed by atoms with E-state index < -0.39 is 5.97 Å². The molecule has 0 saturated carbocycles. The molecule has 25 heavy (non-hydrogen) atoms. The van der Waals surface area contributed by atoms with Gasteiger partial charge < -0.3 is 14.7 Å². The maximum atomic E-state index is 12.0. The van der Waals surface area contributed by atoms with E-state index in [0.29, 0.717) is 49.2 Å². The highest BCUT2D eigenvalue weighted by molar-refractivity contribution is 5.94. The first kappa shape index (κ1) is 18.7. The van der Waals surface area contributed by atoms with Gasteiger partial charge in [0.05, 0.1) is 18.9 Å². The lowest BCUT2D eigenvalue weighted by molar-refractivity contribution is 0.0470. The summed E-state index contributed by atoms with van der Waals surface area (Å²) in [7, 11) is 0. The minimum atomic E-state index is -0.642. The Morgan fingerprint density at radius 2 is 2.00 bits per heavy atom. The molecule has 0 saturated heterocycles. The zero-order valence-corrected chi connectivity index (χ0v) is 14.5.